The molecule has 0 aromatic heterocycles. The predicted octanol–water partition coefficient (Wildman–Crippen LogP) is 13.7. The first kappa shape index (κ1) is 56.2. The Bertz CT molecular complexity index is 1090. The average molecular weight is 841 g/mol. The van der Waals surface area contributed by atoms with E-state index in [4.69, 9.17) is 18.5 Å². The van der Waals surface area contributed by atoms with Crippen LogP contribution in [0.2, 0.25) is 0 Å². The molecule has 1 N–H and O–H groups in total. The largest absolute Gasteiger partial charge is 0.472 e. The van der Waals surface area contributed by atoms with Gasteiger partial charge in [-0.2, -0.15) is 0 Å². The summed E-state index contributed by atoms with van der Waals surface area (Å²) in [5, 5.41) is 0. The molecule has 0 radical (unpaired) electrons. The van der Waals surface area contributed by atoms with Gasteiger partial charge in [-0.3, -0.25) is 18.6 Å². The summed E-state index contributed by atoms with van der Waals surface area (Å²) in [6.45, 7) is 4.39. The lowest BCUT2D eigenvalue weighted by Crippen LogP contribution is -2.37. The van der Waals surface area contributed by atoms with E-state index in [9.17, 15) is 19.0 Å². The first-order valence-electron chi connectivity index (χ1n) is 23.7. The summed E-state index contributed by atoms with van der Waals surface area (Å²) in [6, 6.07) is 0. The summed E-state index contributed by atoms with van der Waals surface area (Å²) in [5.41, 5.74) is 0. The van der Waals surface area contributed by atoms with E-state index in [-0.39, 0.29) is 32.0 Å². The number of ether oxygens (including phenoxy) is 2. The second-order valence-electron chi connectivity index (χ2n) is 17.1. The van der Waals surface area contributed by atoms with Crippen LogP contribution in [0, 0.1) is 0 Å². The molecule has 340 valence electrons. The van der Waals surface area contributed by atoms with Gasteiger partial charge in [-0.25, -0.2) is 4.57 Å². The van der Waals surface area contributed by atoms with Gasteiger partial charge < -0.3 is 18.9 Å². The summed E-state index contributed by atoms with van der Waals surface area (Å²) >= 11 is 0. The van der Waals surface area contributed by atoms with Gasteiger partial charge in [0.15, 0.2) is 6.10 Å². The van der Waals surface area contributed by atoms with E-state index in [2.05, 4.69) is 50.3 Å². The fourth-order valence-corrected chi connectivity index (χ4v) is 7.13. The normalized spacial score (nSPS) is 13.8. The van der Waals surface area contributed by atoms with Crippen molar-refractivity contribution in [1.29, 1.82) is 0 Å². The van der Waals surface area contributed by atoms with Crippen LogP contribution in [0.5, 0.6) is 0 Å². The summed E-state index contributed by atoms with van der Waals surface area (Å²) in [4.78, 5) is 35.4. The van der Waals surface area contributed by atoms with E-state index >= 15 is 0 Å². The van der Waals surface area contributed by atoms with Crippen molar-refractivity contribution in [3.8, 4) is 0 Å². The zero-order chi connectivity index (χ0) is 42.8. The first-order chi connectivity index (χ1) is 28.0. The van der Waals surface area contributed by atoms with Gasteiger partial charge in [-0.05, 0) is 70.6 Å². The molecule has 2 atom stereocenters. The zero-order valence-electron chi connectivity index (χ0n) is 38.3. The van der Waals surface area contributed by atoms with Crippen molar-refractivity contribution in [2.24, 2.45) is 0 Å². The maximum Gasteiger partial charge on any atom is 0.472 e. The molecule has 58 heavy (non-hydrogen) atoms. The number of hydrogen-bond acceptors (Lipinski definition) is 7. The highest BCUT2D eigenvalue weighted by Gasteiger charge is 2.27. The molecule has 10 heteroatoms. The number of esters is 2. The van der Waals surface area contributed by atoms with Crippen molar-refractivity contribution in [3.05, 3.63) is 36.5 Å². The second kappa shape index (κ2) is 40.6. The molecular formula is C48H91NO8P+. The van der Waals surface area contributed by atoms with Crippen molar-refractivity contribution < 1.29 is 42.1 Å². The topological polar surface area (TPSA) is 108 Å². The predicted molar refractivity (Wildman–Crippen MR) is 243 cm³/mol. The first-order valence-corrected chi connectivity index (χ1v) is 25.2. The minimum Gasteiger partial charge on any atom is -0.462 e. The molecule has 0 spiro atoms. The SMILES string of the molecule is CCCCCC/C=C\CCCCCCCC(=O)OCC(COP(=O)(O)OCC[N+](C)(C)C)OC(=O)CCCCCCCCCCC/C=C\C/C=C\CCCCCCC. The van der Waals surface area contributed by atoms with E-state index in [1.165, 1.54) is 103 Å². The average Bonchev–Trinajstić information content (AvgIpc) is 3.17. The van der Waals surface area contributed by atoms with Crippen molar-refractivity contribution in [2.75, 3.05) is 47.5 Å². The van der Waals surface area contributed by atoms with Gasteiger partial charge in [0, 0.05) is 12.8 Å². The highest BCUT2D eigenvalue weighted by molar-refractivity contribution is 7.47. The van der Waals surface area contributed by atoms with E-state index < -0.39 is 26.5 Å². The second-order valence-corrected chi connectivity index (χ2v) is 18.6. The molecule has 0 rings (SSSR count). The molecule has 0 aliphatic heterocycles. The van der Waals surface area contributed by atoms with Gasteiger partial charge in [0.25, 0.3) is 0 Å². The van der Waals surface area contributed by atoms with Crippen molar-refractivity contribution in [3.63, 3.8) is 0 Å². The minimum absolute atomic E-state index is 0.0296. The van der Waals surface area contributed by atoms with Crippen LogP contribution in [0.1, 0.15) is 206 Å². The number of carbonyl (C=O) groups excluding carboxylic acids is 2. The number of carbonyl (C=O) groups is 2. The van der Waals surface area contributed by atoms with Crippen LogP contribution in [0.15, 0.2) is 36.5 Å². The van der Waals surface area contributed by atoms with Gasteiger partial charge in [-0.15, -0.1) is 0 Å². The number of unbranched alkanes of at least 4 members (excludes halogenated alkanes) is 23. The maximum absolute atomic E-state index is 12.7. The molecule has 0 saturated heterocycles. The van der Waals surface area contributed by atoms with Crippen LogP contribution < -0.4 is 0 Å². The number of allylic oxidation sites excluding steroid dienone is 6. The van der Waals surface area contributed by atoms with E-state index in [0.29, 0.717) is 17.4 Å². The standard InChI is InChI=1S/C48H90NO8P/c1-6-8-10-12-14-16-18-20-21-22-23-24-25-26-27-29-31-33-35-37-39-41-48(51)57-46(45-56-58(52,53)55-43-42-49(3,4)5)44-54-47(50)40-38-36-34-32-30-28-19-17-15-13-11-9-7-2/h17-20,22-23,46H,6-16,21,24-45H2,1-5H3/p+1/b19-17-,20-18-,23-22-. The molecule has 0 aromatic rings. The smallest absolute Gasteiger partial charge is 0.462 e. The Morgan fingerprint density at radius 1 is 0.534 bits per heavy atom. The number of quaternary nitrogens is 1. The molecular weight excluding hydrogens is 750 g/mol. The zero-order valence-corrected chi connectivity index (χ0v) is 39.2. The Labute approximate surface area is 357 Å². The van der Waals surface area contributed by atoms with Crippen molar-refractivity contribution >= 4 is 19.8 Å². The number of likely N-dealkylation sites (N-methyl/N-ethyl adjacent to an activating group) is 1. The van der Waals surface area contributed by atoms with Gasteiger partial charge in [0.2, 0.25) is 0 Å². The third-order valence-corrected chi connectivity index (χ3v) is 11.1. The molecule has 0 aromatic carbocycles. The third kappa shape index (κ3) is 43.8. The van der Waals surface area contributed by atoms with Gasteiger partial charge in [0.05, 0.1) is 27.7 Å². The lowest BCUT2D eigenvalue weighted by Gasteiger charge is -2.24. The lowest BCUT2D eigenvalue weighted by atomic mass is 10.1. The van der Waals surface area contributed by atoms with Crippen molar-refractivity contribution in [1.82, 2.24) is 0 Å². The fraction of sp³-hybridized carbons (Fsp3) is 0.833. The van der Waals surface area contributed by atoms with Crippen molar-refractivity contribution in [2.45, 2.75) is 213 Å². The monoisotopic (exact) mass is 841 g/mol. The lowest BCUT2D eigenvalue weighted by molar-refractivity contribution is -0.870. The van der Waals surface area contributed by atoms with Gasteiger partial charge in [0.1, 0.15) is 19.8 Å². The number of hydrogen-bond donors (Lipinski definition) is 1. The number of rotatable bonds is 43. The molecule has 0 aliphatic rings. The van der Waals surface area contributed by atoms with Gasteiger partial charge in [-0.1, -0.05) is 159 Å². The molecule has 0 bridgehead atoms. The molecule has 0 fully saturated rings. The Morgan fingerprint density at radius 2 is 0.931 bits per heavy atom. The summed E-state index contributed by atoms with van der Waals surface area (Å²) in [6.07, 6.45) is 46.2. The molecule has 0 heterocycles. The highest BCUT2D eigenvalue weighted by Crippen LogP contribution is 2.43. The molecule has 0 saturated carbocycles. The highest BCUT2D eigenvalue weighted by atomic mass is 31.2. The van der Waals surface area contributed by atoms with E-state index in [0.717, 1.165) is 70.6 Å². The Morgan fingerprint density at radius 3 is 1.40 bits per heavy atom. The fourth-order valence-electron chi connectivity index (χ4n) is 6.39. The molecule has 2 unspecified atom stereocenters. The Balaban J connectivity index is 4.29. The molecule has 9 nitrogen and oxygen atoms in total. The van der Waals surface area contributed by atoms with E-state index in [1.807, 2.05) is 21.1 Å². The van der Waals surface area contributed by atoms with Crippen LogP contribution in [0.3, 0.4) is 0 Å². The molecule has 0 amide bonds. The summed E-state index contributed by atoms with van der Waals surface area (Å²) in [7, 11) is 1.47. The number of nitrogens with zero attached hydrogens (tertiary/aromatic N) is 1. The number of phosphoric acid groups is 1. The Hall–Kier alpha value is -1.77. The third-order valence-electron chi connectivity index (χ3n) is 10.1. The minimum atomic E-state index is -4.38. The van der Waals surface area contributed by atoms with E-state index in [1.54, 1.807) is 0 Å². The van der Waals surface area contributed by atoms with Gasteiger partial charge >= 0.3 is 19.8 Å². The quantitative estimate of drug-likeness (QED) is 0.0213. The maximum atomic E-state index is 12.7. The van der Waals surface area contributed by atoms with Crippen LogP contribution >= 0.6 is 7.82 Å². The number of phosphoric ester groups is 1. The van der Waals surface area contributed by atoms with Crippen LogP contribution in [0.4, 0.5) is 0 Å². The summed E-state index contributed by atoms with van der Waals surface area (Å²) in [5.74, 6) is -0.810. The van der Waals surface area contributed by atoms with Crippen LogP contribution in [0.25, 0.3) is 0 Å². The van der Waals surface area contributed by atoms with Crippen LogP contribution in [-0.2, 0) is 32.7 Å². The van der Waals surface area contributed by atoms with Crippen LogP contribution in [-0.4, -0.2) is 74.9 Å². The Kier molecular flexibility index (Phi) is 39.4. The summed E-state index contributed by atoms with van der Waals surface area (Å²) < 4.78 is 34.3. The molecule has 0 aliphatic carbocycles.